The first-order valence-corrected chi connectivity index (χ1v) is 20.7. The van der Waals surface area contributed by atoms with Crippen LogP contribution in [0.1, 0.15) is 199 Å². The minimum absolute atomic E-state index is 0.263. The minimum atomic E-state index is -0.265. The lowest BCUT2D eigenvalue weighted by Crippen LogP contribution is -2.01. The second kappa shape index (κ2) is 29.8. The highest BCUT2D eigenvalue weighted by atomic mass is 32.1. The van der Waals surface area contributed by atoms with Crippen LogP contribution in [0.3, 0.4) is 0 Å². The zero-order valence-corrected chi connectivity index (χ0v) is 31.9. The summed E-state index contributed by atoms with van der Waals surface area (Å²) in [5.74, 6) is 1.52. The van der Waals surface area contributed by atoms with Gasteiger partial charge in [-0.1, -0.05) is 193 Å². The molecule has 0 unspecified atom stereocenters. The normalized spacial score (nSPS) is 11.3. The molecule has 0 aliphatic carbocycles. The zero-order valence-electron chi connectivity index (χ0n) is 31.1. The summed E-state index contributed by atoms with van der Waals surface area (Å²) in [6.07, 6.45) is 37.5. The van der Waals surface area contributed by atoms with Gasteiger partial charge in [-0.15, -0.1) is 0 Å². The molecule has 6 heteroatoms. The maximum absolute atomic E-state index is 10.0. The number of oxazole rings is 1. The molecular formula is C42H71NO4S. The van der Waals surface area contributed by atoms with Gasteiger partial charge in [0, 0.05) is 17.0 Å². The summed E-state index contributed by atoms with van der Waals surface area (Å²) in [6.45, 7) is 5.90. The van der Waals surface area contributed by atoms with Crippen molar-refractivity contribution >= 4 is 17.6 Å². The van der Waals surface area contributed by atoms with Crippen molar-refractivity contribution in [1.82, 2.24) is 4.98 Å². The fraction of sp³-hybridized carbons (Fsp3) is 0.762. The SMILES string of the molecule is CCCCCCCCCCCCCCCCOc1cc(OCCCCCCCCCCCCCCCC)cc(-c2nc(C=S)c(O)o2)c1. The van der Waals surface area contributed by atoms with E-state index in [2.05, 4.69) is 18.8 Å². The summed E-state index contributed by atoms with van der Waals surface area (Å²) in [7, 11) is 0. The molecule has 5 nitrogen and oxygen atoms in total. The molecule has 0 aliphatic rings. The van der Waals surface area contributed by atoms with Gasteiger partial charge in [-0.25, -0.2) is 4.98 Å². The Balaban J connectivity index is 1.63. The number of rotatable bonds is 34. The number of aromatic nitrogens is 1. The van der Waals surface area contributed by atoms with Gasteiger partial charge in [0.1, 0.15) is 11.5 Å². The number of nitrogens with zero attached hydrogens (tertiary/aromatic N) is 1. The van der Waals surface area contributed by atoms with Crippen LogP contribution in [0.25, 0.3) is 11.5 Å². The van der Waals surface area contributed by atoms with Crippen molar-refractivity contribution in [1.29, 1.82) is 0 Å². The highest BCUT2D eigenvalue weighted by Gasteiger charge is 2.15. The molecule has 274 valence electrons. The molecule has 2 aromatic rings. The molecule has 0 spiro atoms. The van der Waals surface area contributed by atoms with Crippen LogP contribution in [-0.2, 0) is 0 Å². The molecule has 1 aromatic carbocycles. The van der Waals surface area contributed by atoms with Crippen LogP contribution in [-0.4, -0.2) is 28.7 Å². The lowest BCUT2D eigenvalue weighted by Gasteiger charge is -2.12. The molecule has 0 fully saturated rings. The van der Waals surface area contributed by atoms with E-state index >= 15 is 0 Å². The third kappa shape index (κ3) is 21.1. The van der Waals surface area contributed by atoms with Crippen molar-refractivity contribution in [2.45, 2.75) is 194 Å². The van der Waals surface area contributed by atoms with Crippen LogP contribution in [0.2, 0.25) is 0 Å². The van der Waals surface area contributed by atoms with E-state index in [9.17, 15) is 5.11 Å². The van der Waals surface area contributed by atoms with Gasteiger partial charge in [0.05, 0.1) is 13.2 Å². The lowest BCUT2D eigenvalue weighted by atomic mass is 10.0. The third-order valence-corrected chi connectivity index (χ3v) is 9.63. The van der Waals surface area contributed by atoms with Crippen molar-refractivity contribution in [2.24, 2.45) is 0 Å². The maximum atomic E-state index is 10.0. The van der Waals surface area contributed by atoms with Gasteiger partial charge in [0.15, 0.2) is 5.69 Å². The molecule has 0 aliphatic heterocycles. The molecule has 48 heavy (non-hydrogen) atoms. The largest absolute Gasteiger partial charge is 0.493 e. The van der Waals surface area contributed by atoms with Gasteiger partial charge < -0.3 is 19.0 Å². The van der Waals surface area contributed by atoms with Gasteiger partial charge in [0.2, 0.25) is 5.89 Å². The molecule has 0 radical (unpaired) electrons. The van der Waals surface area contributed by atoms with Gasteiger partial charge in [0.25, 0.3) is 0 Å². The first-order chi connectivity index (χ1) is 23.7. The second-order valence-corrected chi connectivity index (χ2v) is 14.1. The van der Waals surface area contributed by atoms with E-state index < -0.39 is 0 Å². The summed E-state index contributed by atoms with van der Waals surface area (Å²) in [5, 5.41) is 11.4. The first-order valence-electron chi connectivity index (χ1n) is 20.2. The number of unbranched alkanes of at least 4 members (excludes halogenated alkanes) is 26. The van der Waals surface area contributed by atoms with E-state index in [1.54, 1.807) is 0 Å². The molecular weight excluding hydrogens is 615 g/mol. The Bertz CT molecular complexity index is 986. The van der Waals surface area contributed by atoms with Crippen molar-refractivity contribution < 1.29 is 19.0 Å². The van der Waals surface area contributed by atoms with Crippen LogP contribution in [0.15, 0.2) is 22.6 Å². The zero-order chi connectivity index (χ0) is 34.3. The predicted octanol–water partition coefficient (Wildman–Crippen LogP) is 14.1. The number of benzene rings is 1. The van der Waals surface area contributed by atoms with Crippen LogP contribution >= 0.6 is 12.2 Å². The van der Waals surface area contributed by atoms with Crippen LogP contribution < -0.4 is 9.47 Å². The van der Waals surface area contributed by atoms with Gasteiger partial charge in [-0.3, -0.25) is 0 Å². The highest BCUT2D eigenvalue weighted by Crippen LogP contribution is 2.32. The molecule has 1 aromatic heterocycles. The molecule has 0 atom stereocenters. The number of aromatic hydroxyl groups is 1. The van der Waals surface area contributed by atoms with E-state index in [1.165, 1.54) is 172 Å². The van der Waals surface area contributed by atoms with Crippen molar-refractivity contribution in [3.63, 3.8) is 0 Å². The maximum Gasteiger partial charge on any atom is 0.311 e. The molecule has 1 heterocycles. The minimum Gasteiger partial charge on any atom is -0.493 e. The van der Waals surface area contributed by atoms with E-state index in [-0.39, 0.29) is 11.6 Å². The molecule has 0 saturated heterocycles. The standard InChI is InChI=1S/C42H71NO4S/c1-3-5-7-9-11-13-15-17-19-21-23-25-27-29-31-45-38-33-37(41-43-40(36-48)42(44)47-41)34-39(35-38)46-32-30-28-26-24-22-20-18-16-14-12-10-8-6-4-2/h33-36,44H,3-32H2,1-2H3. The fourth-order valence-corrected chi connectivity index (χ4v) is 6.51. The topological polar surface area (TPSA) is 64.7 Å². The monoisotopic (exact) mass is 686 g/mol. The molecule has 2 rings (SSSR count). The summed E-state index contributed by atoms with van der Waals surface area (Å²) in [6, 6.07) is 5.77. The third-order valence-electron chi connectivity index (χ3n) is 9.41. The molecule has 1 N–H and O–H groups in total. The van der Waals surface area contributed by atoms with Crippen LogP contribution in [0, 0.1) is 0 Å². The summed E-state index contributed by atoms with van der Waals surface area (Å²) >= 11 is 4.96. The van der Waals surface area contributed by atoms with E-state index in [4.69, 9.17) is 26.1 Å². The summed E-state index contributed by atoms with van der Waals surface area (Å²) in [5.41, 5.74) is 0.974. The first kappa shape index (κ1) is 42.1. The van der Waals surface area contributed by atoms with Gasteiger partial charge in [-0.05, 0) is 25.0 Å². The Kier molecular flexibility index (Phi) is 26.1. The second-order valence-electron chi connectivity index (χ2n) is 13.9. The van der Waals surface area contributed by atoms with Crippen molar-refractivity contribution in [3.05, 3.63) is 23.9 Å². The number of ether oxygens (including phenoxy) is 2. The van der Waals surface area contributed by atoms with Gasteiger partial charge in [-0.2, -0.15) is 0 Å². The van der Waals surface area contributed by atoms with Crippen molar-refractivity contribution in [2.75, 3.05) is 13.2 Å². The Morgan fingerprint density at radius 3 is 1.19 bits per heavy atom. The Labute approximate surface area is 300 Å². The van der Waals surface area contributed by atoms with E-state index in [0.717, 1.165) is 24.3 Å². The Morgan fingerprint density at radius 1 is 0.542 bits per heavy atom. The highest BCUT2D eigenvalue weighted by molar-refractivity contribution is 7.79. The van der Waals surface area contributed by atoms with Gasteiger partial charge >= 0.3 is 5.95 Å². The Morgan fingerprint density at radius 2 is 0.875 bits per heavy atom. The van der Waals surface area contributed by atoms with E-state index in [0.29, 0.717) is 24.7 Å². The summed E-state index contributed by atoms with van der Waals surface area (Å²) < 4.78 is 17.8. The number of thiocarbonyl (C=S) groups is 1. The fourth-order valence-electron chi connectivity index (χ4n) is 6.36. The number of hydrogen-bond acceptors (Lipinski definition) is 6. The Hall–Kier alpha value is -2.08. The van der Waals surface area contributed by atoms with Crippen molar-refractivity contribution in [3.8, 4) is 28.9 Å². The quantitative estimate of drug-likeness (QED) is 0.0584. The summed E-state index contributed by atoms with van der Waals surface area (Å²) in [4.78, 5) is 4.35. The average molecular weight is 686 g/mol. The number of hydrogen-bond donors (Lipinski definition) is 1. The van der Waals surface area contributed by atoms with E-state index in [1.807, 2.05) is 18.2 Å². The smallest absolute Gasteiger partial charge is 0.311 e. The lowest BCUT2D eigenvalue weighted by molar-refractivity contribution is 0.289. The van der Waals surface area contributed by atoms with Crippen LogP contribution in [0.5, 0.6) is 17.4 Å². The molecule has 0 bridgehead atoms. The molecule has 0 amide bonds. The predicted molar refractivity (Wildman–Crippen MR) is 208 cm³/mol. The van der Waals surface area contributed by atoms with Crippen LogP contribution in [0.4, 0.5) is 0 Å². The average Bonchev–Trinajstić information content (AvgIpc) is 3.48. The molecule has 0 saturated carbocycles.